The zero-order valence-electron chi connectivity index (χ0n) is 18.3. The van der Waals surface area contributed by atoms with Gasteiger partial charge in [-0.1, -0.05) is 12.1 Å². The highest BCUT2D eigenvalue weighted by Crippen LogP contribution is 2.46. The molecule has 2 aromatic carbocycles. The molecule has 11 heteroatoms. The van der Waals surface area contributed by atoms with Crippen LogP contribution in [0.3, 0.4) is 0 Å². The van der Waals surface area contributed by atoms with Crippen LogP contribution >= 0.6 is 0 Å². The maximum Gasteiger partial charge on any atom is 0.308 e. The molecular formula is C24H18N4O7. The summed E-state index contributed by atoms with van der Waals surface area (Å²) in [5.41, 5.74) is 0.0731. The van der Waals surface area contributed by atoms with Crippen LogP contribution in [0.4, 0.5) is 11.4 Å². The number of anilines is 1. The van der Waals surface area contributed by atoms with Gasteiger partial charge in [-0.2, -0.15) is 5.10 Å². The van der Waals surface area contributed by atoms with Crippen molar-refractivity contribution in [1.29, 1.82) is 0 Å². The fourth-order valence-corrected chi connectivity index (χ4v) is 4.86. The first-order valence-electron chi connectivity index (χ1n) is 10.7. The van der Waals surface area contributed by atoms with Gasteiger partial charge in [-0.05, 0) is 36.4 Å². The number of carbonyl (C=O) groups is 4. The third-order valence-electron chi connectivity index (χ3n) is 6.26. The molecule has 176 valence electrons. The predicted octanol–water partition coefficient (Wildman–Crippen LogP) is 2.12. The molecule has 35 heavy (non-hydrogen) atoms. The number of rotatable bonds is 5. The number of nitro groups is 1. The normalized spacial score (nSPS) is 24.4. The Kier molecular flexibility index (Phi) is 5.24. The highest BCUT2D eigenvalue weighted by Gasteiger charge is 2.64. The molecule has 2 saturated heterocycles. The van der Waals surface area contributed by atoms with Crippen molar-refractivity contribution in [2.24, 2.45) is 16.9 Å². The van der Waals surface area contributed by atoms with Crippen molar-refractivity contribution in [3.63, 3.8) is 0 Å². The van der Waals surface area contributed by atoms with Crippen LogP contribution in [0.15, 0.2) is 65.8 Å². The van der Waals surface area contributed by atoms with Crippen LogP contribution in [-0.2, 0) is 14.4 Å². The molecule has 3 aliphatic rings. The van der Waals surface area contributed by atoms with E-state index in [-0.39, 0.29) is 22.7 Å². The van der Waals surface area contributed by atoms with Crippen molar-refractivity contribution < 1.29 is 28.8 Å². The zero-order chi connectivity index (χ0) is 24.9. The molecule has 0 N–H and O–H groups in total. The highest BCUT2D eigenvalue weighted by molar-refractivity contribution is 6.24. The molecule has 4 atom stereocenters. The zero-order valence-corrected chi connectivity index (χ0v) is 18.3. The van der Waals surface area contributed by atoms with E-state index < -0.39 is 52.4 Å². The number of carbonyl (C=O) groups excluding carboxylic acids is 4. The van der Waals surface area contributed by atoms with E-state index in [0.717, 1.165) is 11.0 Å². The molecule has 5 rings (SSSR count). The van der Waals surface area contributed by atoms with Crippen LogP contribution in [0.5, 0.6) is 5.75 Å². The highest BCUT2D eigenvalue weighted by atomic mass is 16.6. The van der Waals surface area contributed by atoms with E-state index in [9.17, 15) is 29.3 Å². The summed E-state index contributed by atoms with van der Waals surface area (Å²) >= 11 is 0. The van der Waals surface area contributed by atoms with Crippen molar-refractivity contribution >= 4 is 41.2 Å². The van der Waals surface area contributed by atoms with Gasteiger partial charge < -0.3 is 4.74 Å². The fraction of sp³-hybridized carbons (Fsp3) is 0.208. The Balaban J connectivity index is 1.52. The minimum Gasteiger partial charge on any atom is -0.427 e. The fourth-order valence-electron chi connectivity index (χ4n) is 4.86. The number of benzene rings is 2. The molecule has 0 saturated carbocycles. The number of nitrogens with zero attached hydrogens (tertiary/aromatic N) is 4. The van der Waals surface area contributed by atoms with Crippen molar-refractivity contribution in [3.05, 3.63) is 76.4 Å². The predicted molar refractivity (Wildman–Crippen MR) is 122 cm³/mol. The molecule has 11 nitrogen and oxygen atoms in total. The Hall–Kier alpha value is -4.67. The Morgan fingerprint density at radius 1 is 1.06 bits per heavy atom. The molecule has 2 amide bonds. The Morgan fingerprint density at radius 2 is 1.77 bits per heavy atom. The number of imide groups is 1. The second-order valence-electron chi connectivity index (χ2n) is 8.29. The summed E-state index contributed by atoms with van der Waals surface area (Å²) in [4.78, 5) is 63.3. The molecular weight excluding hydrogens is 456 g/mol. The van der Waals surface area contributed by atoms with E-state index in [2.05, 4.69) is 5.10 Å². The summed E-state index contributed by atoms with van der Waals surface area (Å²) in [5, 5.41) is 17.0. The van der Waals surface area contributed by atoms with Crippen molar-refractivity contribution in [3.8, 4) is 5.75 Å². The average Bonchev–Trinajstić information content (AvgIpc) is 3.31. The number of ketones is 1. The summed E-state index contributed by atoms with van der Waals surface area (Å²) in [5.74, 6) is -3.75. The second-order valence-corrected chi connectivity index (χ2v) is 8.29. The number of esters is 1. The van der Waals surface area contributed by atoms with Crippen LogP contribution in [-0.4, -0.2) is 51.8 Å². The van der Waals surface area contributed by atoms with Gasteiger partial charge in [0.1, 0.15) is 11.8 Å². The minimum absolute atomic E-state index is 0.0790. The van der Waals surface area contributed by atoms with E-state index >= 15 is 0 Å². The number of hydrazone groups is 1. The SMILES string of the molecule is CC(=O)Oc1ccc(C(=O)[C@@H]2[C@@H]3C(=O)N(c4cccc([N+](=O)[O-])c4)C(=O)[C@H]3[C@@H]3C=CC=NN23)cc1. The quantitative estimate of drug-likeness (QED) is 0.160. The van der Waals surface area contributed by atoms with Crippen LogP contribution in [0, 0.1) is 22.0 Å². The van der Waals surface area contributed by atoms with Crippen LogP contribution in [0.25, 0.3) is 0 Å². The van der Waals surface area contributed by atoms with E-state index in [0.29, 0.717) is 0 Å². The van der Waals surface area contributed by atoms with E-state index in [1.807, 2.05) is 0 Å². The van der Waals surface area contributed by atoms with Crippen molar-refractivity contribution in [2.75, 3.05) is 4.90 Å². The van der Waals surface area contributed by atoms with Crippen LogP contribution in [0.2, 0.25) is 0 Å². The number of non-ortho nitro benzene ring substituents is 1. The summed E-state index contributed by atoms with van der Waals surface area (Å²) in [6.07, 6.45) is 4.84. The summed E-state index contributed by atoms with van der Waals surface area (Å²) in [7, 11) is 0. The molecule has 0 radical (unpaired) electrons. The molecule has 0 unspecified atom stereocenters. The molecule has 0 aliphatic carbocycles. The molecule has 0 aromatic heterocycles. The maximum absolute atomic E-state index is 13.6. The van der Waals surface area contributed by atoms with E-state index in [1.165, 1.54) is 60.6 Å². The Bertz CT molecular complexity index is 1330. The Labute approximate surface area is 198 Å². The smallest absolute Gasteiger partial charge is 0.308 e. The Morgan fingerprint density at radius 3 is 2.46 bits per heavy atom. The number of ether oxygens (including phenoxy) is 1. The molecule has 2 fully saturated rings. The third-order valence-corrected chi connectivity index (χ3v) is 6.26. The molecule has 3 heterocycles. The number of nitro benzene ring substituents is 1. The number of amides is 2. The van der Waals surface area contributed by atoms with E-state index in [1.54, 1.807) is 12.2 Å². The molecule has 2 aromatic rings. The number of hydrogen-bond donors (Lipinski definition) is 0. The first-order valence-corrected chi connectivity index (χ1v) is 10.7. The lowest BCUT2D eigenvalue weighted by Crippen LogP contribution is -2.46. The number of hydrogen-bond acceptors (Lipinski definition) is 9. The van der Waals surface area contributed by atoms with Gasteiger partial charge >= 0.3 is 5.97 Å². The van der Waals surface area contributed by atoms with Gasteiger partial charge in [-0.25, -0.2) is 4.90 Å². The van der Waals surface area contributed by atoms with Gasteiger partial charge in [0.2, 0.25) is 11.8 Å². The van der Waals surface area contributed by atoms with Gasteiger partial charge in [0, 0.05) is 30.8 Å². The maximum atomic E-state index is 13.6. The first-order chi connectivity index (χ1) is 16.8. The lowest BCUT2D eigenvalue weighted by Gasteiger charge is -2.30. The largest absolute Gasteiger partial charge is 0.427 e. The average molecular weight is 474 g/mol. The second kappa shape index (κ2) is 8.28. The minimum atomic E-state index is -1.06. The summed E-state index contributed by atoms with van der Waals surface area (Å²) < 4.78 is 5.00. The van der Waals surface area contributed by atoms with Gasteiger partial charge in [0.15, 0.2) is 5.78 Å². The van der Waals surface area contributed by atoms with Crippen molar-refractivity contribution in [1.82, 2.24) is 5.01 Å². The van der Waals surface area contributed by atoms with Gasteiger partial charge in [0.05, 0.1) is 28.5 Å². The number of allylic oxidation sites excluding steroid dienone is 1. The van der Waals surface area contributed by atoms with Crippen molar-refractivity contribution in [2.45, 2.75) is 19.0 Å². The molecule has 0 bridgehead atoms. The lowest BCUT2D eigenvalue weighted by molar-refractivity contribution is -0.384. The van der Waals surface area contributed by atoms with E-state index in [4.69, 9.17) is 4.74 Å². The standard InChI is InChI=1S/C24H18N4O7/c1-13(29)35-17-9-7-14(8-10-17)22(30)21-20-19(18-6-3-11-25-27(18)21)23(31)26(24(20)32)15-4-2-5-16(12-15)28(33)34/h2-12,18-21H,1H3/t18-,19-,20+,21-/m0/s1. The molecule has 0 spiro atoms. The summed E-state index contributed by atoms with van der Waals surface area (Å²) in [6, 6.07) is 9.47. The van der Waals surface area contributed by atoms with Crippen LogP contribution < -0.4 is 9.64 Å². The summed E-state index contributed by atoms with van der Waals surface area (Å²) in [6.45, 7) is 1.26. The topological polar surface area (TPSA) is 139 Å². The van der Waals surface area contributed by atoms with Gasteiger partial charge in [-0.3, -0.25) is 34.3 Å². The molecule has 3 aliphatic heterocycles. The third kappa shape index (κ3) is 3.57. The lowest BCUT2D eigenvalue weighted by atomic mass is 9.86. The number of Topliss-reactive ketones (excluding diaryl/α,β-unsaturated/α-hetero) is 1. The van der Waals surface area contributed by atoms with Gasteiger partial charge in [-0.15, -0.1) is 0 Å². The number of fused-ring (bicyclic) bond motifs is 3. The monoisotopic (exact) mass is 474 g/mol. The first kappa shape index (κ1) is 22.1. The van der Waals surface area contributed by atoms with Gasteiger partial charge in [0.25, 0.3) is 5.69 Å². The van der Waals surface area contributed by atoms with Crippen LogP contribution in [0.1, 0.15) is 17.3 Å².